The molecule has 0 radical (unpaired) electrons. The molecule has 1 saturated heterocycles. The maximum atomic E-state index is 6.23. The Morgan fingerprint density at radius 1 is 1.08 bits per heavy atom. The normalized spacial score (nSPS) is 25.8. The van der Waals surface area contributed by atoms with E-state index in [1.807, 2.05) is 0 Å². The Bertz CT molecular complexity index is 316. The van der Waals surface area contributed by atoms with Gasteiger partial charge in [0.1, 0.15) is 0 Å². The van der Waals surface area contributed by atoms with Crippen LogP contribution >= 0.6 is 0 Å². The van der Waals surface area contributed by atoms with Crippen LogP contribution in [-0.4, -0.2) is 42.7 Å². The first kappa shape index (κ1) is 21.9. The molecule has 0 aromatic heterocycles. The Kier molecular flexibility index (Phi) is 10.5. The number of nitrogens with zero attached hydrogens (tertiary/aromatic N) is 1. The molecule has 3 atom stereocenters. The van der Waals surface area contributed by atoms with Crippen LogP contribution in [-0.2, 0) is 0 Å². The number of piperidine rings is 1. The maximum Gasteiger partial charge on any atom is 0.0190 e. The molecule has 144 valence electrons. The number of unbranched alkanes of at least 4 members (excludes halogenated alkanes) is 5. The highest BCUT2D eigenvalue weighted by atomic mass is 15.2. The topological polar surface area (TPSA) is 41.3 Å². The zero-order valence-electron chi connectivity index (χ0n) is 17.2. The van der Waals surface area contributed by atoms with Gasteiger partial charge in [0, 0.05) is 17.6 Å². The van der Waals surface area contributed by atoms with Crippen LogP contribution < -0.4 is 11.1 Å². The smallest absolute Gasteiger partial charge is 0.0190 e. The number of rotatable bonds is 12. The fourth-order valence-corrected chi connectivity index (χ4v) is 3.96. The summed E-state index contributed by atoms with van der Waals surface area (Å²) in [6.07, 6.45) is 13.0. The van der Waals surface area contributed by atoms with Gasteiger partial charge in [0.2, 0.25) is 0 Å². The van der Waals surface area contributed by atoms with E-state index in [-0.39, 0.29) is 0 Å². The number of hydrogen-bond donors (Lipinski definition) is 2. The van der Waals surface area contributed by atoms with E-state index in [1.165, 1.54) is 77.3 Å². The van der Waals surface area contributed by atoms with Crippen molar-refractivity contribution in [1.82, 2.24) is 10.2 Å². The zero-order chi connectivity index (χ0) is 18.0. The second kappa shape index (κ2) is 11.5. The molecule has 0 aromatic carbocycles. The van der Waals surface area contributed by atoms with Crippen LogP contribution in [0.5, 0.6) is 0 Å². The Morgan fingerprint density at radius 2 is 1.71 bits per heavy atom. The van der Waals surface area contributed by atoms with E-state index in [9.17, 15) is 0 Å². The van der Waals surface area contributed by atoms with Crippen molar-refractivity contribution in [2.45, 2.75) is 110 Å². The van der Waals surface area contributed by atoms with Gasteiger partial charge in [-0.1, -0.05) is 52.4 Å². The molecule has 3 heteroatoms. The summed E-state index contributed by atoms with van der Waals surface area (Å²) in [5, 5.41) is 3.83. The summed E-state index contributed by atoms with van der Waals surface area (Å²) < 4.78 is 0. The largest absolute Gasteiger partial charge is 0.328 e. The third-order valence-corrected chi connectivity index (χ3v) is 6.56. The first-order valence-corrected chi connectivity index (χ1v) is 10.6. The van der Waals surface area contributed by atoms with Crippen molar-refractivity contribution < 1.29 is 0 Å². The second-order valence-corrected chi connectivity index (χ2v) is 8.67. The summed E-state index contributed by atoms with van der Waals surface area (Å²) in [5.74, 6) is 0.702. The van der Waals surface area contributed by atoms with E-state index in [0.717, 1.165) is 0 Å². The fraction of sp³-hybridized carbons (Fsp3) is 1.00. The molecule has 1 aliphatic rings. The van der Waals surface area contributed by atoms with Gasteiger partial charge in [0.15, 0.2) is 0 Å². The highest BCUT2D eigenvalue weighted by Gasteiger charge is 2.38. The highest BCUT2D eigenvalue weighted by Crippen LogP contribution is 2.31. The number of nitrogens with one attached hydrogen (secondary N) is 1. The molecule has 0 aliphatic carbocycles. The van der Waals surface area contributed by atoms with Gasteiger partial charge < -0.3 is 16.0 Å². The molecule has 0 bridgehead atoms. The lowest BCUT2D eigenvalue weighted by atomic mass is 9.77. The van der Waals surface area contributed by atoms with Crippen molar-refractivity contribution >= 4 is 0 Å². The SMILES string of the molecule is CCCCCCC(N)CCCCCNC1CCN(C)C(C)(C)C1C. The predicted octanol–water partition coefficient (Wildman–Crippen LogP) is 4.55. The van der Waals surface area contributed by atoms with Gasteiger partial charge in [-0.3, -0.25) is 0 Å². The molecular weight excluding hydrogens is 294 g/mol. The predicted molar refractivity (Wildman–Crippen MR) is 107 cm³/mol. The average Bonchev–Trinajstić information content (AvgIpc) is 2.55. The van der Waals surface area contributed by atoms with Gasteiger partial charge >= 0.3 is 0 Å². The summed E-state index contributed by atoms with van der Waals surface area (Å²) in [6, 6.07) is 1.11. The van der Waals surface area contributed by atoms with Gasteiger partial charge in [0.25, 0.3) is 0 Å². The lowest BCUT2D eigenvalue weighted by molar-refractivity contribution is 0.0297. The Balaban J connectivity index is 2.04. The quantitative estimate of drug-likeness (QED) is 0.512. The van der Waals surface area contributed by atoms with E-state index >= 15 is 0 Å². The standard InChI is InChI=1S/C21H45N3/c1-6-7-8-10-13-19(22)14-11-9-12-16-23-20-15-17-24(5)21(3,4)18(20)2/h18-20,23H,6-17,22H2,1-5H3. The minimum Gasteiger partial charge on any atom is -0.328 e. The van der Waals surface area contributed by atoms with Gasteiger partial charge in [-0.2, -0.15) is 0 Å². The van der Waals surface area contributed by atoms with E-state index < -0.39 is 0 Å². The highest BCUT2D eigenvalue weighted by molar-refractivity contribution is 4.96. The third-order valence-electron chi connectivity index (χ3n) is 6.56. The van der Waals surface area contributed by atoms with Crippen molar-refractivity contribution in [2.24, 2.45) is 11.7 Å². The van der Waals surface area contributed by atoms with Crippen LogP contribution in [0.2, 0.25) is 0 Å². The molecule has 1 aliphatic heterocycles. The summed E-state index contributed by atoms with van der Waals surface area (Å²) in [4.78, 5) is 2.51. The maximum absolute atomic E-state index is 6.23. The molecule has 3 nitrogen and oxygen atoms in total. The van der Waals surface area contributed by atoms with E-state index in [2.05, 4.69) is 45.0 Å². The fourth-order valence-electron chi connectivity index (χ4n) is 3.96. The summed E-state index contributed by atoms with van der Waals surface area (Å²) >= 11 is 0. The molecule has 0 spiro atoms. The summed E-state index contributed by atoms with van der Waals surface area (Å²) in [7, 11) is 2.26. The third kappa shape index (κ3) is 7.41. The molecule has 1 heterocycles. The van der Waals surface area contributed by atoms with E-state index in [0.29, 0.717) is 23.5 Å². The van der Waals surface area contributed by atoms with Crippen molar-refractivity contribution in [3.05, 3.63) is 0 Å². The Morgan fingerprint density at radius 3 is 2.33 bits per heavy atom. The number of hydrogen-bond acceptors (Lipinski definition) is 3. The average molecular weight is 340 g/mol. The molecule has 3 N–H and O–H groups in total. The molecular formula is C21H45N3. The van der Waals surface area contributed by atoms with Crippen LogP contribution in [0.1, 0.15) is 91.9 Å². The van der Waals surface area contributed by atoms with Crippen LogP contribution in [0.25, 0.3) is 0 Å². The van der Waals surface area contributed by atoms with Gasteiger partial charge in [-0.05, 0) is 65.6 Å². The number of nitrogens with two attached hydrogens (primary N) is 1. The monoisotopic (exact) mass is 339 g/mol. The van der Waals surface area contributed by atoms with Crippen LogP contribution in [0.4, 0.5) is 0 Å². The minimum absolute atomic E-state index is 0.306. The van der Waals surface area contributed by atoms with Crippen LogP contribution in [0, 0.1) is 5.92 Å². The van der Waals surface area contributed by atoms with Gasteiger partial charge in [-0.15, -0.1) is 0 Å². The van der Waals surface area contributed by atoms with Crippen molar-refractivity contribution in [3.63, 3.8) is 0 Å². The van der Waals surface area contributed by atoms with E-state index in [4.69, 9.17) is 5.73 Å². The molecule has 3 unspecified atom stereocenters. The molecule has 0 saturated carbocycles. The second-order valence-electron chi connectivity index (χ2n) is 8.67. The number of likely N-dealkylation sites (tertiary alicyclic amines) is 1. The lowest BCUT2D eigenvalue weighted by Gasteiger charge is -2.49. The van der Waals surface area contributed by atoms with Crippen LogP contribution in [0.15, 0.2) is 0 Å². The molecule has 1 rings (SSSR count). The van der Waals surface area contributed by atoms with Crippen molar-refractivity contribution in [1.29, 1.82) is 0 Å². The summed E-state index contributed by atoms with van der Waals surface area (Å²) in [6.45, 7) is 11.8. The lowest BCUT2D eigenvalue weighted by Crippen LogP contribution is -2.59. The van der Waals surface area contributed by atoms with Crippen molar-refractivity contribution in [3.8, 4) is 0 Å². The van der Waals surface area contributed by atoms with Gasteiger partial charge in [-0.25, -0.2) is 0 Å². The summed E-state index contributed by atoms with van der Waals surface area (Å²) in [5.41, 5.74) is 6.53. The van der Waals surface area contributed by atoms with Crippen molar-refractivity contribution in [2.75, 3.05) is 20.1 Å². The minimum atomic E-state index is 0.306. The van der Waals surface area contributed by atoms with Crippen LogP contribution in [0.3, 0.4) is 0 Å². The molecule has 24 heavy (non-hydrogen) atoms. The molecule has 0 amide bonds. The molecule has 1 fully saturated rings. The first-order valence-electron chi connectivity index (χ1n) is 10.6. The molecule has 0 aromatic rings. The first-order chi connectivity index (χ1) is 11.4. The Hall–Kier alpha value is -0.120. The van der Waals surface area contributed by atoms with Gasteiger partial charge in [0.05, 0.1) is 0 Å². The Labute approximate surface area is 152 Å². The van der Waals surface area contributed by atoms with E-state index in [1.54, 1.807) is 0 Å². The zero-order valence-corrected chi connectivity index (χ0v) is 17.2.